The van der Waals surface area contributed by atoms with E-state index in [4.69, 9.17) is 5.11 Å². The van der Waals surface area contributed by atoms with Crippen LogP contribution in [0.1, 0.15) is 17.3 Å². The van der Waals surface area contributed by atoms with Gasteiger partial charge in [-0.15, -0.1) is 0 Å². The molecule has 0 aromatic heterocycles. The van der Waals surface area contributed by atoms with Crippen LogP contribution in [0.2, 0.25) is 0 Å². The van der Waals surface area contributed by atoms with Gasteiger partial charge >= 0.3 is 12.0 Å². The number of hydrogen-bond acceptors (Lipinski definition) is 3. The van der Waals surface area contributed by atoms with Crippen molar-refractivity contribution in [1.82, 2.24) is 9.80 Å². The molecule has 0 unspecified atom stereocenters. The van der Waals surface area contributed by atoms with E-state index in [2.05, 4.69) is 17.1 Å². The van der Waals surface area contributed by atoms with Crippen molar-refractivity contribution in [3.8, 4) is 0 Å². The molecule has 108 valence electrons. The lowest BCUT2D eigenvalue weighted by Gasteiger charge is -2.33. The molecule has 1 aromatic rings. The summed E-state index contributed by atoms with van der Waals surface area (Å²) < 4.78 is 0. The van der Waals surface area contributed by atoms with Crippen LogP contribution < -0.4 is 5.32 Å². The normalized spacial score (nSPS) is 15.9. The lowest BCUT2D eigenvalue weighted by molar-refractivity contribution is 0.0697. The Labute approximate surface area is 118 Å². The zero-order valence-corrected chi connectivity index (χ0v) is 11.5. The molecule has 2 N–H and O–H groups in total. The van der Waals surface area contributed by atoms with Crippen molar-refractivity contribution < 1.29 is 14.7 Å². The second kappa shape index (κ2) is 6.38. The molecule has 6 heteroatoms. The van der Waals surface area contributed by atoms with Crippen LogP contribution in [-0.2, 0) is 0 Å². The summed E-state index contributed by atoms with van der Waals surface area (Å²) in [7, 11) is 0. The first-order valence-electron chi connectivity index (χ1n) is 6.72. The molecule has 20 heavy (non-hydrogen) atoms. The van der Waals surface area contributed by atoms with Gasteiger partial charge in [-0.2, -0.15) is 0 Å². The Kier molecular flexibility index (Phi) is 4.57. The summed E-state index contributed by atoms with van der Waals surface area (Å²) in [4.78, 5) is 27.0. The zero-order chi connectivity index (χ0) is 14.5. The number of piperazine rings is 1. The third-order valence-electron chi connectivity index (χ3n) is 3.47. The van der Waals surface area contributed by atoms with Gasteiger partial charge in [-0.3, -0.25) is 0 Å². The van der Waals surface area contributed by atoms with Crippen molar-refractivity contribution in [2.45, 2.75) is 6.92 Å². The molecule has 0 radical (unpaired) electrons. The molecule has 2 rings (SSSR count). The van der Waals surface area contributed by atoms with E-state index in [0.29, 0.717) is 18.8 Å². The summed E-state index contributed by atoms with van der Waals surface area (Å²) >= 11 is 0. The van der Waals surface area contributed by atoms with Gasteiger partial charge in [-0.25, -0.2) is 9.59 Å². The summed E-state index contributed by atoms with van der Waals surface area (Å²) in [5, 5.41) is 11.7. The maximum atomic E-state index is 12.1. The molecule has 0 bridgehead atoms. The lowest BCUT2D eigenvalue weighted by Crippen LogP contribution is -2.49. The number of carbonyl (C=O) groups is 2. The number of hydrogen-bond donors (Lipinski definition) is 2. The number of amides is 2. The van der Waals surface area contributed by atoms with Crippen molar-refractivity contribution in [2.75, 3.05) is 38.0 Å². The molecule has 2 amide bonds. The summed E-state index contributed by atoms with van der Waals surface area (Å²) in [6.07, 6.45) is 0. The number of nitrogens with zero attached hydrogens (tertiary/aromatic N) is 2. The molecule has 0 aliphatic carbocycles. The minimum absolute atomic E-state index is 0.165. The van der Waals surface area contributed by atoms with E-state index in [0.717, 1.165) is 19.6 Å². The Bertz CT molecular complexity index is 496. The van der Waals surface area contributed by atoms with Crippen LogP contribution in [0.5, 0.6) is 0 Å². The highest BCUT2D eigenvalue weighted by Crippen LogP contribution is 2.12. The summed E-state index contributed by atoms with van der Waals surface area (Å²) in [6.45, 7) is 6.23. The molecule has 1 aliphatic heterocycles. The fourth-order valence-corrected chi connectivity index (χ4v) is 2.20. The zero-order valence-electron chi connectivity index (χ0n) is 11.5. The first-order chi connectivity index (χ1) is 9.60. The van der Waals surface area contributed by atoms with Gasteiger partial charge in [-0.1, -0.05) is 13.0 Å². The average molecular weight is 277 g/mol. The number of nitrogens with one attached hydrogen (secondary N) is 1. The van der Waals surface area contributed by atoms with E-state index < -0.39 is 5.97 Å². The number of carbonyl (C=O) groups excluding carboxylic acids is 1. The summed E-state index contributed by atoms with van der Waals surface area (Å²) in [5.41, 5.74) is 0.673. The number of anilines is 1. The van der Waals surface area contributed by atoms with Gasteiger partial charge in [0.2, 0.25) is 0 Å². The van der Waals surface area contributed by atoms with Gasteiger partial charge in [0, 0.05) is 31.9 Å². The maximum absolute atomic E-state index is 12.1. The number of aromatic carboxylic acids is 1. The lowest BCUT2D eigenvalue weighted by atomic mass is 10.2. The van der Waals surface area contributed by atoms with Gasteiger partial charge in [0.1, 0.15) is 0 Å². The van der Waals surface area contributed by atoms with Crippen LogP contribution in [0, 0.1) is 0 Å². The minimum Gasteiger partial charge on any atom is -0.478 e. The Morgan fingerprint density at radius 3 is 2.55 bits per heavy atom. The Morgan fingerprint density at radius 2 is 1.95 bits per heavy atom. The van der Waals surface area contributed by atoms with Gasteiger partial charge in [0.15, 0.2) is 0 Å². The molecule has 1 aromatic carbocycles. The van der Waals surface area contributed by atoms with Crippen molar-refractivity contribution in [3.05, 3.63) is 29.8 Å². The van der Waals surface area contributed by atoms with E-state index in [-0.39, 0.29) is 11.6 Å². The number of carboxylic acids is 1. The first kappa shape index (κ1) is 14.3. The summed E-state index contributed by atoms with van der Waals surface area (Å²) in [5.74, 6) is -1.00. The predicted molar refractivity (Wildman–Crippen MR) is 76.1 cm³/mol. The van der Waals surface area contributed by atoms with Crippen molar-refractivity contribution in [1.29, 1.82) is 0 Å². The number of rotatable bonds is 3. The Hall–Kier alpha value is -2.08. The molecule has 1 heterocycles. The first-order valence-corrected chi connectivity index (χ1v) is 6.72. The van der Waals surface area contributed by atoms with E-state index in [1.54, 1.807) is 17.0 Å². The molecule has 0 saturated carbocycles. The van der Waals surface area contributed by atoms with Gasteiger partial charge in [-0.05, 0) is 24.7 Å². The van der Waals surface area contributed by atoms with Crippen molar-refractivity contribution in [3.63, 3.8) is 0 Å². The fraction of sp³-hybridized carbons (Fsp3) is 0.429. The highest BCUT2D eigenvalue weighted by atomic mass is 16.4. The average Bonchev–Trinajstić information content (AvgIpc) is 2.47. The number of carboxylic acid groups (broad SMARTS) is 1. The topological polar surface area (TPSA) is 72.9 Å². The highest BCUT2D eigenvalue weighted by Gasteiger charge is 2.20. The Morgan fingerprint density at radius 1 is 1.25 bits per heavy atom. The molecule has 0 atom stereocenters. The van der Waals surface area contributed by atoms with Crippen LogP contribution in [-0.4, -0.2) is 59.6 Å². The Balaban J connectivity index is 1.95. The van der Waals surface area contributed by atoms with Gasteiger partial charge < -0.3 is 20.2 Å². The van der Waals surface area contributed by atoms with Crippen LogP contribution in [0.3, 0.4) is 0 Å². The van der Waals surface area contributed by atoms with E-state index in [1.165, 1.54) is 12.1 Å². The van der Waals surface area contributed by atoms with Gasteiger partial charge in [0.05, 0.1) is 5.56 Å². The van der Waals surface area contributed by atoms with Crippen LogP contribution in [0.4, 0.5) is 10.5 Å². The standard InChI is InChI=1S/C14H19N3O3/c1-2-16-6-8-17(9-7-16)14(20)15-12-5-3-4-11(10-12)13(18)19/h3-5,10H,2,6-9H2,1H3,(H,15,20)(H,18,19). The SMILES string of the molecule is CCN1CCN(C(=O)Nc2cccc(C(=O)O)c2)CC1. The summed E-state index contributed by atoms with van der Waals surface area (Å²) in [6, 6.07) is 6.09. The van der Waals surface area contributed by atoms with E-state index >= 15 is 0 Å². The van der Waals surface area contributed by atoms with Crippen LogP contribution >= 0.6 is 0 Å². The largest absolute Gasteiger partial charge is 0.478 e. The highest BCUT2D eigenvalue weighted by molar-refractivity contribution is 5.93. The number of likely N-dealkylation sites (N-methyl/N-ethyl adjacent to an activating group) is 1. The van der Waals surface area contributed by atoms with E-state index in [9.17, 15) is 9.59 Å². The second-order valence-corrected chi connectivity index (χ2v) is 4.74. The van der Waals surface area contributed by atoms with Crippen LogP contribution in [0.25, 0.3) is 0 Å². The quantitative estimate of drug-likeness (QED) is 0.879. The number of urea groups is 1. The van der Waals surface area contributed by atoms with Crippen molar-refractivity contribution >= 4 is 17.7 Å². The smallest absolute Gasteiger partial charge is 0.335 e. The molecular formula is C14H19N3O3. The molecular weight excluding hydrogens is 258 g/mol. The maximum Gasteiger partial charge on any atom is 0.335 e. The van der Waals surface area contributed by atoms with Crippen LogP contribution in [0.15, 0.2) is 24.3 Å². The molecule has 1 aliphatic rings. The monoisotopic (exact) mass is 277 g/mol. The molecule has 6 nitrogen and oxygen atoms in total. The second-order valence-electron chi connectivity index (χ2n) is 4.74. The minimum atomic E-state index is -1.00. The fourth-order valence-electron chi connectivity index (χ4n) is 2.20. The number of benzene rings is 1. The predicted octanol–water partition coefficient (Wildman–Crippen LogP) is 1.55. The van der Waals surface area contributed by atoms with Gasteiger partial charge in [0.25, 0.3) is 0 Å². The molecule has 0 spiro atoms. The third kappa shape index (κ3) is 3.48. The third-order valence-corrected chi connectivity index (χ3v) is 3.47. The van der Waals surface area contributed by atoms with Crippen molar-refractivity contribution in [2.24, 2.45) is 0 Å². The molecule has 1 saturated heterocycles. The van der Waals surface area contributed by atoms with E-state index in [1.807, 2.05) is 0 Å². The molecule has 1 fully saturated rings.